The predicted molar refractivity (Wildman–Crippen MR) is 81.5 cm³/mol. The van der Waals surface area contributed by atoms with E-state index < -0.39 is 0 Å². The average molecular weight is 288 g/mol. The third kappa shape index (κ3) is 2.95. The van der Waals surface area contributed by atoms with Crippen molar-refractivity contribution >= 4 is 28.7 Å². The van der Waals surface area contributed by atoms with Crippen molar-refractivity contribution in [3.8, 4) is 11.8 Å². The van der Waals surface area contributed by atoms with E-state index in [9.17, 15) is 0 Å². The second-order valence-corrected chi connectivity index (χ2v) is 4.49. The van der Waals surface area contributed by atoms with Crippen LogP contribution in [-0.2, 0) is 0 Å². The molecule has 0 atom stereocenters. The fourth-order valence-electron chi connectivity index (χ4n) is 1.77. The maximum atomic E-state index is 8.92. The van der Waals surface area contributed by atoms with Crippen molar-refractivity contribution in [2.45, 2.75) is 6.92 Å². The van der Waals surface area contributed by atoms with E-state index in [1.807, 2.05) is 19.1 Å². The summed E-state index contributed by atoms with van der Waals surface area (Å²) < 4.78 is 5.44. The summed E-state index contributed by atoms with van der Waals surface area (Å²) in [6.07, 6.45) is 0. The quantitative estimate of drug-likeness (QED) is 0.836. The average Bonchev–Trinajstić information content (AvgIpc) is 2.45. The van der Waals surface area contributed by atoms with Crippen LogP contribution in [0.15, 0.2) is 36.4 Å². The molecule has 0 saturated carbocycles. The Bertz CT molecular complexity index is 665. The zero-order chi connectivity index (χ0) is 14.5. The zero-order valence-electron chi connectivity index (χ0n) is 11.0. The van der Waals surface area contributed by atoms with E-state index >= 15 is 0 Å². The van der Waals surface area contributed by atoms with Gasteiger partial charge >= 0.3 is 0 Å². The molecule has 0 radical (unpaired) electrons. The number of anilines is 3. The zero-order valence-corrected chi connectivity index (χ0v) is 11.7. The fraction of sp³-hybridized carbons (Fsp3) is 0.133. The first-order valence-electron chi connectivity index (χ1n) is 6.13. The van der Waals surface area contributed by atoms with Crippen molar-refractivity contribution < 1.29 is 4.74 Å². The van der Waals surface area contributed by atoms with Gasteiger partial charge in [0, 0.05) is 0 Å². The molecular weight excluding hydrogens is 274 g/mol. The van der Waals surface area contributed by atoms with Crippen LogP contribution in [0.25, 0.3) is 0 Å². The minimum atomic E-state index is 0.507. The maximum Gasteiger partial charge on any atom is 0.144 e. The Morgan fingerprint density at radius 1 is 1.30 bits per heavy atom. The number of nitrogens with zero attached hydrogens (tertiary/aromatic N) is 1. The van der Waals surface area contributed by atoms with Crippen molar-refractivity contribution in [2.24, 2.45) is 0 Å². The van der Waals surface area contributed by atoms with Gasteiger partial charge in [0.15, 0.2) is 0 Å². The number of nitrogens with two attached hydrogens (primary N) is 1. The van der Waals surface area contributed by atoms with Crippen LogP contribution in [-0.4, -0.2) is 6.61 Å². The second-order valence-electron chi connectivity index (χ2n) is 4.08. The van der Waals surface area contributed by atoms with Crippen LogP contribution in [0.4, 0.5) is 17.1 Å². The number of para-hydroxylation sites is 1. The fourth-order valence-corrected chi connectivity index (χ4v) is 1.93. The van der Waals surface area contributed by atoms with Crippen molar-refractivity contribution in [1.29, 1.82) is 5.26 Å². The van der Waals surface area contributed by atoms with Gasteiger partial charge in [0.2, 0.25) is 0 Å². The molecule has 0 heterocycles. The summed E-state index contributed by atoms with van der Waals surface area (Å²) in [6.45, 7) is 2.44. The first kappa shape index (κ1) is 14.0. The van der Waals surface area contributed by atoms with E-state index in [0.29, 0.717) is 40.0 Å². The van der Waals surface area contributed by atoms with Gasteiger partial charge in [-0.05, 0) is 37.3 Å². The molecular formula is C15H14ClN3O. The van der Waals surface area contributed by atoms with Crippen LogP contribution >= 0.6 is 11.6 Å². The van der Waals surface area contributed by atoms with Gasteiger partial charge in [-0.2, -0.15) is 5.26 Å². The lowest BCUT2D eigenvalue weighted by Gasteiger charge is -2.14. The van der Waals surface area contributed by atoms with Crippen molar-refractivity contribution in [2.75, 3.05) is 17.7 Å². The molecule has 0 unspecified atom stereocenters. The normalized spacial score (nSPS) is 9.85. The molecule has 0 amide bonds. The molecule has 0 aromatic heterocycles. The molecule has 102 valence electrons. The van der Waals surface area contributed by atoms with E-state index in [1.54, 1.807) is 24.3 Å². The number of hydrogen-bond acceptors (Lipinski definition) is 4. The molecule has 0 aliphatic heterocycles. The third-order valence-electron chi connectivity index (χ3n) is 2.73. The number of nitriles is 1. The summed E-state index contributed by atoms with van der Waals surface area (Å²) in [5.74, 6) is 0.616. The Kier molecular flexibility index (Phi) is 4.34. The van der Waals surface area contributed by atoms with E-state index in [-0.39, 0.29) is 0 Å². The number of nitrogen functional groups attached to an aromatic ring is 1. The number of ether oxygens (including phenoxy) is 1. The van der Waals surface area contributed by atoms with Gasteiger partial charge in [0.05, 0.1) is 40.3 Å². The highest BCUT2D eigenvalue weighted by molar-refractivity contribution is 6.33. The molecule has 0 bridgehead atoms. The molecule has 0 fully saturated rings. The van der Waals surface area contributed by atoms with Crippen LogP contribution in [0, 0.1) is 11.3 Å². The van der Waals surface area contributed by atoms with Crippen molar-refractivity contribution in [3.05, 3.63) is 47.0 Å². The standard InChI is InChI=1S/C15H14ClN3O/c1-2-20-14-5-3-4-12(15(14)18)19-13-8-10(9-17)6-7-11(13)16/h3-8,19H,2,18H2,1H3. The molecule has 3 N–H and O–H groups in total. The highest BCUT2D eigenvalue weighted by Crippen LogP contribution is 2.34. The topological polar surface area (TPSA) is 71.1 Å². The van der Waals surface area contributed by atoms with Gasteiger partial charge in [-0.15, -0.1) is 0 Å². The Balaban J connectivity index is 2.35. The lowest BCUT2D eigenvalue weighted by molar-refractivity contribution is 0.342. The molecule has 0 aliphatic carbocycles. The predicted octanol–water partition coefficient (Wildman–Crippen LogP) is 3.94. The van der Waals surface area contributed by atoms with E-state index in [1.165, 1.54) is 0 Å². The maximum absolute atomic E-state index is 8.92. The summed E-state index contributed by atoms with van der Waals surface area (Å²) in [4.78, 5) is 0. The summed E-state index contributed by atoms with van der Waals surface area (Å²) in [5.41, 5.74) is 8.39. The molecule has 5 heteroatoms. The number of nitrogens with one attached hydrogen (secondary N) is 1. The molecule has 2 aromatic carbocycles. The minimum absolute atomic E-state index is 0.507. The van der Waals surface area contributed by atoms with Gasteiger partial charge in [0.1, 0.15) is 5.75 Å². The van der Waals surface area contributed by atoms with Gasteiger partial charge in [-0.3, -0.25) is 0 Å². The molecule has 0 spiro atoms. The molecule has 4 nitrogen and oxygen atoms in total. The third-order valence-corrected chi connectivity index (χ3v) is 3.06. The van der Waals surface area contributed by atoms with E-state index in [0.717, 1.165) is 0 Å². The monoisotopic (exact) mass is 287 g/mol. The highest BCUT2D eigenvalue weighted by atomic mass is 35.5. The van der Waals surface area contributed by atoms with Crippen LogP contribution in [0.3, 0.4) is 0 Å². The molecule has 0 saturated heterocycles. The lowest BCUT2D eigenvalue weighted by atomic mass is 10.2. The largest absolute Gasteiger partial charge is 0.492 e. The Hall–Kier alpha value is -2.38. The van der Waals surface area contributed by atoms with Gasteiger partial charge in [0.25, 0.3) is 0 Å². The number of hydrogen-bond donors (Lipinski definition) is 2. The summed E-state index contributed by atoms with van der Waals surface area (Å²) in [6, 6.07) is 12.5. The Morgan fingerprint density at radius 3 is 2.80 bits per heavy atom. The molecule has 0 aliphatic rings. The SMILES string of the molecule is CCOc1cccc(Nc2cc(C#N)ccc2Cl)c1N. The Labute approximate surface area is 122 Å². The summed E-state index contributed by atoms with van der Waals surface area (Å²) >= 11 is 6.11. The molecule has 2 rings (SSSR count). The number of rotatable bonds is 4. The van der Waals surface area contributed by atoms with Gasteiger partial charge < -0.3 is 15.8 Å². The van der Waals surface area contributed by atoms with Crippen LogP contribution in [0.2, 0.25) is 5.02 Å². The van der Waals surface area contributed by atoms with Gasteiger partial charge in [-0.25, -0.2) is 0 Å². The van der Waals surface area contributed by atoms with Crippen LogP contribution in [0.1, 0.15) is 12.5 Å². The Morgan fingerprint density at radius 2 is 2.10 bits per heavy atom. The number of halogens is 1. The minimum Gasteiger partial charge on any atom is -0.492 e. The van der Waals surface area contributed by atoms with Crippen LogP contribution in [0.5, 0.6) is 5.75 Å². The van der Waals surface area contributed by atoms with E-state index in [4.69, 9.17) is 27.3 Å². The summed E-state index contributed by atoms with van der Waals surface area (Å²) in [5, 5.41) is 12.6. The molecule has 20 heavy (non-hydrogen) atoms. The van der Waals surface area contributed by atoms with Crippen molar-refractivity contribution in [1.82, 2.24) is 0 Å². The van der Waals surface area contributed by atoms with Crippen molar-refractivity contribution in [3.63, 3.8) is 0 Å². The van der Waals surface area contributed by atoms with Crippen LogP contribution < -0.4 is 15.8 Å². The number of benzene rings is 2. The molecule has 2 aromatic rings. The van der Waals surface area contributed by atoms with Gasteiger partial charge in [-0.1, -0.05) is 17.7 Å². The first-order valence-corrected chi connectivity index (χ1v) is 6.51. The summed E-state index contributed by atoms with van der Waals surface area (Å²) in [7, 11) is 0. The second kappa shape index (κ2) is 6.18. The lowest BCUT2D eigenvalue weighted by Crippen LogP contribution is -2.01. The highest BCUT2D eigenvalue weighted by Gasteiger charge is 2.08. The van der Waals surface area contributed by atoms with E-state index in [2.05, 4.69) is 11.4 Å². The smallest absolute Gasteiger partial charge is 0.144 e. The first-order chi connectivity index (χ1) is 9.65.